The number of nitrogens with zero attached hydrogens (tertiary/aromatic N) is 2. The van der Waals surface area contributed by atoms with E-state index < -0.39 is 0 Å². The summed E-state index contributed by atoms with van der Waals surface area (Å²) in [4.78, 5) is 2.30. The molecule has 4 rings (SSSR count). The highest BCUT2D eigenvalue weighted by atomic mass is 16.3. The zero-order valence-electron chi connectivity index (χ0n) is 13.1. The Morgan fingerprint density at radius 3 is 2.77 bits per heavy atom. The van der Waals surface area contributed by atoms with E-state index in [-0.39, 0.29) is 6.85 Å². The maximum atomic E-state index is 5.97. The minimum atomic E-state index is 0.252. The van der Waals surface area contributed by atoms with Crippen molar-refractivity contribution in [2.24, 2.45) is 7.05 Å². The summed E-state index contributed by atoms with van der Waals surface area (Å²) < 4.78 is 8.14. The maximum absolute atomic E-state index is 5.97. The van der Waals surface area contributed by atoms with Gasteiger partial charge in [0.1, 0.15) is 11.0 Å². The van der Waals surface area contributed by atoms with Gasteiger partial charge >= 0.3 is 6.85 Å². The van der Waals surface area contributed by atoms with Crippen molar-refractivity contribution in [2.75, 3.05) is 4.81 Å². The van der Waals surface area contributed by atoms with Crippen molar-refractivity contribution >= 4 is 35.8 Å². The Labute approximate surface area is 129 Å². The largest absolute Gasteiger partial charge is 0.457 e. The van der Waals surface area contributed by atoms with E-state index in [4.69, 9.17) is 4.42 Å². The molecule has 0 amide bonds. The highest BCUT2D eigenvalue weighted by molar-refractivity contribution is 6.76. The Morgan fingerprint density at radius 1 is 1.14 bits per heavy atom. The molecule has 0 saturated carbocycles. The van der Waals surface area contributed by atoms with Crippen LogP contribution in [-0.4, -0.2) is 6.85 Å². The number of aryl methyl sites for hydroxylation is 2. The van der Waals surface area contributed by atoms with Crippen LogP contribution < -0.4 is 20.0 Å². The zero-order valence-corrected chi connectivity index (χ0v) is 13.1. The van der Waals surface area contributed by atoms with Gasteiger partial charge in [0.25, 0.3) is 5.82 Å². The van der Waals surface area contributed by atoms with Crippen LogP contribution in [0.4, 0.5) is 5.82 Å². The topological polar surface area (TPSA) is 20.3 Å². The smallest absolute Gasteiger partial charge is 0.405 e. The number of benzene rings is 1. The predicted octanol–water partition coefficient (Wildman–Crippen LogP) is 1.76. The van der Waals surface area contributed by atoms with Crippen molar-refractivity contribution in [3.05, 3.63) is 58.8 Å². The monoisotopic (exact) mass is 289 g/mol. The first-order valence-electron chi connectivity index (χ1n) is 7.59. The van der Waals surface area contributed by atoms with E-state index in [0.717, 1.165) is 16.2 Å². The third kappa shape index (κ3) is 1.95. The Kier molecular flexibility index (Phi) is 2.86. The van der Waals surface area contributed by atoms with Gasteiger partial charge in [0.05, 0.1) is 24.7 Å². The second-order valence-corrected chi connectivity index (χ2v) is 6.00. The second-order valence-electron chi connectivity index (χ2n) is 6.00. The van der Waals surface area contributed by atoms with Crippen LogP contribution in [0, 0.1) is 6.92 Å². The summed E-state index contributed by atoms with van der Waals surface area (Å²) in [5.74, 6) is 3.36. The molecule has 22 heavy (non-hydrogen) atoms. The lowest BCUT2D eigenvalue weighted by molar-refractivity contribution is -0.658. The molecule has 0 unspecified atom stereocenters. The molecule has 4 heteroatoms. The fourth-order valence-corrected chi connectivity index (χ4v) is 3.18. The van der Waals surface area contributed by atoms with E-state index in [9.17, 15) is 0 Å². The van der Waals surface area contributed by atoms with E-state index in [1.54, 1.807) is 0 Å². The number of para-hydroxylation sites is 1. The minimum Gasteiger partial charge on any atom is -0.457 e. The van der Waals surface area contributed by atoms with Crippen molar-refractivity contribution in [2.45, 2.75) is 13.7 Å². The van der Waals surface area contributed by atoms with Crippen LogP contribution in [0.3, 0.4) is 0 Å². The number of rotatable bonds is 1. The van der Waals surface area contributed by atoms with E-state index in [2.05, 4.69) is 72.8 Å². The molecule has 0 N–H and O–H groups in total. The Balaban J connectivity index is 1.96. The summed E-state index contributed by atoms with van der Waals surface area (Å²) in [5, 5.41) is 2.33. The first kappa shape index (κ1) is 13.2. The number of pyridine rings is 1. The average molecular weight is 289 g/mol. The summed E-state index contributed by atoms with van der Waals surface area (Å²) in [6.45, 7) is 4.55. The van der Waals surface area contributed by atoms with Gasteiger partial charge in [0, 0.05) is 11.5 Å². The number of furan rings is 1. The summed E-state index contributed by atoms with van der Waals surface area (Å²) >= 11 is 0. The van der Waals surface area contributed by atoms with Gasteiger partial charge in [-0.25, -0.2) is 4.57 Å². The molecule has 0 bridgehead atoms. The Hall–Kier alpha value is -2.49. The molecule has 3 aromatic rings. The maximum Gasteiger partial charge on any atom is 0.405 e. The molecule has 1 aliphatic rings. The van der Waals surface area contributed by atoms with Gasteiger partial charge in [-0.15, -0.1) is 0 Å². The molecule has 2 aromatic heterocycles. The number of anilines is 1. The van der Waals surface area contributed by atoms with Crippen molar-refractivity contribution < 1.29 is 8.98 Å². The molecule has 1 aromatic carbocycles. The van der Waals surface area contributed by atoms with E-state index in [0.29, 0.717) is 0 Å². The van der Waals surface area contributed by atoms with Gasteiger partial charge in [-0.05, 0) is 37.4 Å². The summed E-state index contributed by atoms with van der Waals surface area (Å²) in [5.41, 5.74) is 3.18. The molecule has 0 fully saturated rings. The van der Waals surface area contributed by atoms with Crippen LogP contribution in [0.2, 0.25) is 6.82 Å². The molecule has 108 valence electrons. The van der Waals surface area contributed by atoms with Gasteiger partial charge in [0.2, 0.25) is 0 Å². The Bertz CT molecular complexity index is 990. The van der Waals surface area contributed by atoms with Gasteiger partial charge in [-0.1, -0.05) is 18.2 Å². The lowest BCUT2D eigenvalue weighted by atomic mass is 9.62. The number of hydrogen-bond donors (Lipinski definition) is 0. The molecule has 0 saturated heterocycles. The van der Waals surface area contributed by atoms with E-state index >= 15 is 0 Å². The van der Waals surface area contributed by atoms with Gasteiger partial charge in [0.15, 0.2) is 0 Å². The molecule has 3 heterocycles. The average Bonchev–Trinajstić information content (AvgIpc) is 2.84. The Morgan fingerprint density at radius 2 is 1.95 bits per heavy atom. The van der Waals surface area contributed by atoms with Crippen molar-refractivity contribution in [1.29, 1.82) is 0 Å². The fraction of sp³-hybridized carbons (Fsp3) is 0.167. The van der Waals surface area contributed by atoms with E-state index in [1.807, 2.05) is 12.1 Å². The summed E-state index contributed by atoms with van der Waals surface area (Å²) in [7, 11) is 2.09. The van der Waals surface area contributed by atoms with Crippen LogP contribution in [0.5, 0.6) is 0 Å². The zero-order chi connectivity index (χ0) is 15.3. The first-order chi connectivity index (χ1) is 10.6. The van der Waals surface area contributed by atoms with Gasteiger partial charge in [-0.3, -0.25) is 4.81 Å². The predicted molar refractivity (Wildman–Crippen MR) is 90.8 cm³/mol. The quantitative estimate of drug-likeness (QED) is 0.502. The van der Waals surface area contributed by atoms with Crippen molar-refractivity contribution in [3.8, 4) is 0 Å². The lowest BCUT2D eigenvalue weighted by Crippen LogP contribution is -2.47. The van der Waals surface area contributed by atoms with Crippen LogP contribution >= 0.6 is 0 Å². The van der Waals surface area contributed by atoms with Crippen LogP contribution in [-0.2, 0) is 7.05 Å². The number of fused-ring (bicyclic) bond motifs is 3. The fourth-order valence-electron chi connectivity index (χ4n) is 3.18. The third-order valence-electron chi connectivity index (χ3n) is 4.28. The third-order valence-corrected chi connectivity index (χ3v) is 4.28. The highest BCUT2D eigenvalue weighted by Gasteiger charge is 2.29. The number of hydrogen-bond acceptors (Lipinski definition) is 2. The second kappa shape index (κ2) is 4.77. The molecule has 0 radical (unpaired) electrons. The van der Waals surface area contributed by atoms with Gasteiger partial charge < -0.3 is 4.42 Å². The van der Waals surface area contributed by atoms with Crippen LogP contribution in [0.1, 0.15) is 5.56 Å². The minimum absolute atomic E-state index is 0.252. The van der Waals surface area contributed by atoms with Crippen LogP contribution in [0.15, 0.2) is 47.0 Å². The molecular formula is C18H18BN2O+. The molecule has 0 aliphatic carbocycles. The molecule has 0 atom stereocenters. The molecular weight excluding hydrogens is 271 g/mol. The first-order valence-corrected chi connectivity index (χ1v) is 7.59. The number of aromatic nitrogens is 1. The summed E-state index contributed by atoms with van der Waals surface area (Å²) in [6, 6.07) is 12.5. The van der Waals surface area contributed by atoms with Crippen molar-refractivity contribution in [1.82, 2.24) is 0 Å². The van der Waals surface area contributed by atoms with Crippen LogP contribution in [0.25, 0.3) is 23.1 Å². The van der Waals surface area contributed by atoms with E-state index in [1.165, 1.54) is 16.8 Å². The highest BCUT2D eigenvalue weighted by Crippen LogP contribution is 2.15. The molecule has 1 aliphatic heterocycles. The molecule has 3 nitrogen and oxygen atoms in total. The molecule has 0 spiro atoms. The SMILES string of the molecule is CB1C=c2oc3ccccc3c2=CN1c1ccc(C)c[n+]1C. The standard InChI is InChI=1S/C18H18BN2O/c1-13-8-9-18(20(3)11-13)21-12-15-14-6-4-5-7-16(14)22-17(15)10-19(21)2/h4-12H,1-3H3/q+1. The normalized spacial score (nSPS) is 13.8. The van der Waals surface area contributed by atoms with Gasteiger partial charge in [-0.2, -0.15) is 0 Å². The summed E-state index contributed by atoms with van der Waals surface area (Å²) in [6.07, 6.45) is 4.36. The lowest BCUT2D eigenvalue weighted by Gasteiger charge is -2.19. The van der Waals surface area contributed by atoms with Crippen molar-refractivity contribution in [3.63, 3.8) is 0 Å².